The molecule has 0 saturated heterocycles. The fourth-order valence-corrected chi connectivity index (χ4v) is 5.37. The fourth-order valence-electron chi connectivity index (χ4n) is 5.20. The van der Waals surface area contributed by atoms with E-state index < -0.39 is 12.6 Å². The summed E-state index contributed by atoms with van der Waals surface area (Å²) in [7, 11) is 0. The molecule has 0 fully saturated rings. The normalized spacial score (nSPS) is 10.6. The molecule has 4 aromatic carbocycles. The third-order valence-corrected chi connectivity index (χ3v) is 7.78. The Kier molecular flexibility index (Phi) is 17.4. The van der Waals surface area contributed by atoms with Gasteiger partial charge in [-0.05, 0) is 110 Å². The Bertz CT molecular complexity index is 2030. The summed E-state index contributed by atoms with van der Waals surface area (Å²) >= 11 is 9.60. The van der Waals surface area contributed by atoms with Crippen molar-refractivity contribution in [2.75, 3.05) is 0 Å². The van der Waals surface area contributed by atoms with Crippen molar-refractivity contribution in [1.29, 1.82) is 0 Å². The molecule has 0 aliphatic heterocycles. The summed E-state index contributed by atoms with van der Waals surface area (Å²) < 4.78 is 59.8. The Morgan fingerprint density at radius 1 is 0.686 bits per heavy atom. The van der Waals surface area contributed by atoms with Gasteiger partial charge in [-0.3, -0.25) is 0 Å². The van der Waals surface area contributed by atoms with Crippen LogP contribution < -0.4 is 0 Å². The Labute approximate surface area is 322 Å². The van der Waals surface area contributed by atoms with Crippen molar-refractivity contribution >= 4 is 53.2 Å². The number of hydrogen-bond donors (Lipinski definition) is 0. The predicted molar refractivity (Wildman–Crippen MR) is 205 cm³/mol. The summed E-state index contributed by atoms with van der Waals surface area (Å²) in [6, 6.07) is 19.1. The molecule has 0 unspecified atom stereocenters. The Hall–Kier alpha value is -3.15. The molecule has 4 nitrogen and oxygen atoms in total. The molecule has 0 amide bonds. The third-order valence-electron chi connectivity index (χ3n) is 7.54. The van der Waals surface area contributed by atoms with Gasteiger partial charge in [0.05, 0.1) is 22.4 Å². The Morgan fingerprint density at radius 2 is 1.08 bits per heavy atom. The predicted octanol–water partition coefficient (Wildman–Crippen LogP) is 13.0. The molecule has 12 heteroatoms. The van der Waals surface area contributed by atoms with Crippen LogP contribution in [0.15, 0.2) is 73.3 Å². The number of nitrogens with zero attached hydrogens (tertiary/aromatic N) is 4. The number of halogens is 7. The van der Waals surface area contributed by atoms with Crippen molar-refractivity contribution < 1.29 is 36.7 Å². The molecule has 0 aliphatic rings. The van der Waals surface area contributed by atoms with Gasteiger partial charge in [0.25, 0.3) is 0 Å². The number of hydrogen-bond acceptors (Lipinski definition) is 4. The molecule has 0 spiro atoms. The molecule has 0 N–H and O–H groups in total. The van der Waals surface area contributed by atoms with Crippen LogP contribution in [0, 0.1) is 46.3 Å². The van der Waals surface area contributed by atoms with Crippen LogP contribution in [-0.2, 0) is 21.2 Å². The minimum atomic E-state index is -4.07. The SMILES string of the molecule is C.CCCc1ccc2c(-c3cc(C)c(F)c(C)c3)ncnc2c1.Cc1cc(-c2ncnc3cc(Cl)ccc23)cc(C)c1F.[CH2-]CC(F)(F)F.[Zn+][I]. The number of fused-ring (bicyclic) bond motifs is 2. The van der Waals surface area contributed by atoms with E-state index in [2.05, 4.69) is 71.7 Å². The number of rotatable bonds is 4. The van der Waals surface area contributed by atoms with Crippen LogP contribution in [0.1, 0.15) is 55.0 Å². The van der Waals surface area contributed by atoms with Crippen molar-refractivity contribution in [2.24, 2.45) is 0 Å². The van der Waals surface area contributed by atoms with Gasteiger partial charge in [0, 0.05) is 26.9 Å². The first-order chi connectivity index (χ1) is 23.7. The van der Waals surface area contributed by atoms with Gasteiger partial charge in [-0.15, -0.1) is 0 Å². The number of alkyl halides is 3. The van der Waals surface area contributed by atoms with E-state index in [1.807, 2.05) is 18.2 Å². The average molecular weight is 887 g/mol. The summed E-state index contributed by atoms with van der Waals surface area (Å²) in [5, 5.41) is 2.55. The van der Waals surface area contributed by atoms with E-state index in [1.165, 1.54) is 26.7 Å². The Morgan fingerprint density at radius 3 is 1.47 bits per heavy atom. The molecule has 0 saturated carbocycles. The van der Waals surface area contributed by atoms with Crippen molar-refractivity contribution in [2.45, 2.75) is 67.5 Å². The third kappa shape index (κ3) is 11.9. The Balaban J connectivity index is 0.000000289. The van der Waals surface area contributed by atoms with E-state index in [4.69, 9.17) is 11.6 Å². The van der Waals surface area contributed by atoms with Crippen LogP contribution in [0.25, 0.3) is 44.3 Å². The van der Waals surface area contributed by atoms with E-state index in [0.717, 1.165) is 57.2 Å². The summed E-state index contributed by atoms with van der Waals surface area (Å²) in [5.74, 6) is -0.317. The maximum absolute atomic E-state index is 13.8. The van der Waals surface area contributed by atoms with Gasteiger partial charge in [0.1, 0.15) is 24.3 Å². The second-order valence-corrected chi connectivity index (χ2v) is 11.9. The molecule has 0 radical (unpaired) electrons. The molecular weight excluding hydrogens is 847 g/mol. The van der Waals surface area contributed by atoms with Crippen molar-refractivity contribution in [3.63, 3.8) is 0 Å². The van der Waals surface area contributed by atoms with E-state index in [0.29, 0.717) is 27.3 Å². The van der Waals surface area contributed by atoms with Gasteiger partial charge >= 0.3 is 40.7 Å². The fraction of sp³-hybridized carbons (Fsp3) is 0.256. The zero-order valence-corrected chi connectivity index (χ0v) is 34.3. The number of aromatic nitrogens is 4. The monoisotopic (exact) mass is 884 g/mol. The van der Waals surface area contributed by atoms with Crippen LogP contribution in [0.3, 0.4) is 0 Å². The second kappa shape index (κ2) is 20.2. The van der Waals surface area contributed by atoms with E-state index in [9.17, 15) is 22.0 Å². The first kappa shape index (κ1) is 44.0. The van der Waals surface area contributed by atoms with Crippen molar-refractivity contribution in [3.8, 4) is 22.5 Å². The second-order valence-electron chi connectivity index (χ2n) is 11.4. The molecule has 6 aromatic rings. The van der Waals surface area contributed by atoms with E-state index in [-0.39, 0.29) is 19.1 Å². The van der Waals surface area contributed by atoms with Crippen molar-refractivity contribution in [3.05, 3.63) is 125 Å². The molecule has 2 aromatic heterocycles. The van der Waals surface area contributed by atoms with E-state index in [1.54, 1.807) is 58.3 Å². The molecule has 0 atom stereocenters. The van der Waals surface area contributed by atoms with Crippen LogP contribution >= 0.6 is 31.4 Å². The van der Waals surface area contributed by atoms with Gasteiger partial charge in [-0.1, -0.05) is 50.9 Å². The number of aryl methyl sites for hydroxylation is 5. The zero-order chi connectivity index (χ0) is 37.2. The molecule has 2 heterocycles. The molecular formula is C39H39ClF5IN4Zn. The quantitative estimate of drug-likeness (QED) is 0.0766. The standard InChI is InChI=1S/C19H19FN2.C16H12ClFN2.C3H4F3.CH4.HI.Zn/c1-4-5-14-6-7-16-17(10-14)21-11-22-19(16)15-8-12(2)18(20)13(3)9-15;1-9-5-11(6-10(2)15(9)18)16-13-4-3-12(17)7-14(13)19-8-20-16;1-2-3(4,5)6;;;/h6-11H,4-5H2,1-3H3;3-8H,1-2H3;1-2H2;1H4;1H;/q;;-1;;;+2/p-1. The molecule has 0 bridgehead atoms. The first-order valence-corrected chi connectivity index (χ1v) is 25.0. The van der Waals surface area contributed by atoms with E-state index >= 15 is 0 Å². The molecule has 0 aliphatic carbocycles. The number of benzene rings is 4. The first-order valence-electron chi connectivity index (χ1n) is 15.5. The summed E-state index contributed by atoms with van der Waals surface area (Å²) in [4.78, 5) is 17.4. The molecule has 51 heavy (non-hydrogen) atoms. The molecule has 6 rings (SSSR count). The summed E-state index contributed by atoms with van der Waals surface area (Å²) in [6.07, 6.45) is 0.195. The van der Waals surface area contributed by atoms with Crippen LogP contribution in [0.4, 0.5) is 22.0 Å². The summed E-state index contributed by atoms with van der Waals surface area (Å²) in [6.45, 7) is 11.9. The maximum atomic E-state index is 13.8. The van der Waals surface area contributed by atoms with Gasteiger partial charge in [0.2, 0.25) is 0 Å². The average Bonchev–Trinajstić information content (AvgIpc) is 3.09. The van der Waals surface area contributed by atoms with Crippen LogP contribution in [-0.4, -0.2) is 26.1 Å². The van der Waals surface area contributed by atoms with Gasteiger partial charge in [-0.25, -0.2) is 28.7 Å². The van der Waals surface area contributed by atoms with Crippen LogP contribution in [0.2, 0.25) is 5.02 Å². The van der Waals surface area contributed by atoms with Gasteiger partial charge < -0.3 is 6.92 Å². The zero-order valence-electron chi connectivity index (χ0n) is 28.4. The minimum absolute atomic E-state index is 0. The van der Waals surface area contributed by atoms with Gasteiger partial charge in [0.15, 0.2) is 0 Å². The molecule has 266 valence electrons. The van der Waals surface area contributed by atoms with Crippen LogP contribution in [0.5, 0.6) is 0 Å². The topological polar surface area (TPSA) is 51.6 Å². The summed E-state index contributed by atoms with van der Waals surface area (Å²) in [5.41, 5.74) is 8.99. The van der Waals surface area contributed by atoms with Gasteiger partial charge in [-0.2, -0.15) is 13.2 Å². The van der Waals surface area contributed by atoms with Crippen molar-refractivity contribution in [1.82, 2.24) is 19.9 Å².